The summed E-state index contributed by atoms with van der Waals surface area (Å²) in [7, 11) is 0. The third kappa shape index (κ3) is 0.765. The van der Waals surface area contributed by atoms with Crippen LogP contribution >= 0.6 is 0 Å². The molecule has 0 spiro atoms. The first-order valence-corrected chi connectivity index (χ1v) is 2.24. The molecule has 0 unspecified atom stereocenters. The van der Waals surface area contributed by atoms with Gasteiger partial charge in [-0.05, 0) is 6.42 Å². The summed E-state index contributed by atoms with van der Waals surface area (Å²) in [5, 5.41) is 4.78. The fourth-order valence-corrected chi connectivity index (χ4v) is 0.561. The largest absolute Gasteiger partial charge is 0.255 e. The topological polar surface area (TPSA) is 39.5 Å². The Hall–Kier alpha value is -0.860. The minimum Gasteiger partial charge on any atom is -0.255 e. The molecule has 1 aliphatic heterocycles. The first-order valence-electron chi connectivity index (χ1n) is 2.24. The fourth-order valence-electron chi connectivity index (χ4n) is 0.561. The predicted molar refractivity (Wildman–Crippen MR) is 25.6 cm³/mol. The third-order valence-corrected chi connectivity index (χ3v) is 0.931. The van der Waals surface area contributed by atoms with E-state index in [4.69, 9.17) is 5.53 Å². The van der Waals surface area contributed by atoms with Gasteiger partial charge in [-0.25, -0.2) is 0 Å². The lowest BCUT2D eigenvalue weighted by Gasteiger charge is -2.00. The molecule has 0 amide bonds. The van der Waals surface area contributed by atoms with Gasteiger partial charge in [-0.15, -0.1) is 0 Å². The number of nitrogens with one attached hydrogen (secondary N) is 1. The van der Waals surface area contributed by atoms with Crippen molar-refractivity contribution < 1.29 is 0 Å². The monoisotopic (exact) mass is 97.1 g/mol. The second kappa shape index (κ2) is 1.73. The summed E-state index contributed by atoms with van der Waals surface area (Å²) in [5.74, 6) is 0. The molecule has 3 nitrogen and oxygen atoms in total. The van der Waals surface area contributed by atoms with Gasteiger partial charge in [-0.3, -0.25) is 5.01 Å². The summed E-state index contributed by atoms with van der Waals surface area (Å²) in [6.45, 7) is 0.878. The van der Waals surface area contributed by atoms with Crippen LogP contribution in [0.3, 0.4) is 0 Å². The lowest BCUT2D eigenvalue weighted by molar-refractivity contribution is 0.392. The molecule has 0 saturated carbocycles. The standard InChI is InChI=1S/C4H7N3/c5-6-7-3-1-2-4-7/h1,3,5H,2,4H2. The molecule has 0 saturated heterocycles. The summed E-state index contributed by atoms with van der Waals surface area (Å²) in [6.07, 6.45) is 4.84. The van der Waals surface area contributed by atoms with Crippen LogP contribution in [0.15, 0.2) is 17.5 Å². The smallest absolute Gasteiger partial charge is 0.0460 e. The number of hydrogen-bond donors (Lipinski definition) is 1. The molecule has 0 radical (unpaired) electrons. The van der Waals surface area contributed by atoms with Gasteiger partial charge >= 0.3 is 0 Å². The van der Waals surface area contributed by atoms with E-state index in [1.807, 2.05) is 12.3 Å². The van der Waals surface area contributed by atoms with Gasteiger partial charge in [0.15, 0.2) is 0 Å². The van der Waals surface area contributed by atoms with E-state index < -0.39 is 0 Å². The first kappa shape index (κ1) is 4.30. The van der Waals surface area contributed by atoms with E-state index in [1.165, 1.54) is 0 Å². The minimum atomic E-state index is 0.878. The summed E-state index contributed by atoms with van der Waals surface area (Å²) in [5.41, 5.74) is 6.50. The van der Waals surface area contributed by atoms with E-state index in [-0.39, 0.29) is 0 Å². The summed E-state index contributed by atoms with van der Waals surface area (Å²) >= 11 is 0. The Morgan fingerprint density at radius 3 is 2.86 bits per heavy atom. The molecule has 0 aromatic rings. The molecule has 1 rings (SSSR count). The highest BCUT2D eigenvalue weighted by molar-refractivity contribution is 4.88. The van der Waals surface area contributed by atoms with Gasteiger partial charge in [0, 0.05) is 12.7 Å². The molecule has 38 valence electrons. The van der Waals surface area contributed by atoms with Crippen LogP contribution in [0.5, 0.6) is 0 Å². The second-order valence-corrected chi connectivity index (χ2v) is 1.44. The Morgan fingerprint density at radius 1 is 1.71 bits per heavy atom. The molecule has 0 fully saturated rings. The lowest BCUT2D eigenvalue weighted by atomic mass is 10.5. The van der Waals surface area contributed by atoms with Crippen LogP contribution < -0.4 is 0 Å². The fraction of sp³-hybridized carbons (Fsp3) is 0.500. The number of nitrogens with zero attached hydrogens (tertiary/aromatic N) is 2. The van der Waals surface area contributed by atoms with Crippen molar-refractivity contribution in [3.05, 3.63) is 12.3 Å². The van der Waals surface area contributed by atoms with Gasteiger partial charge in [0.05, 0.1) is 0 Å². The second-order valence-electron chi connectivity index (χ2n) is 1.44. The Morgan fingerprint density at radius 2 is 2.57 bits per heavy atom. The van der Waals surface area contributed by atoms with E-state index >= 15 is 0 Å². The Bertz CT molecular complexity index is 97.1. The van der Waals surface area contributed by atoms with Crippen molar-refractivity contribution in [1.82, 2.24) is 5.01 Å². The van der Waals surface area contributed by atoms with Gasteiger partial charge in [0.1, 0.15) is 0 Å². The molecule has 7 heavy (non-hydrogen) atoms. The maximum atomic E-state index is 6.50. The van der Waals surface area contributed by atoms with Gasteiger partial charge < -0.3 is 0 Å². The Kier molecular flexibility index (Phi) is 1.06. The van der Waals surface area contributed by atoms with Crippen molar-refractivity contribution in [2.24, 2.45) is 5.22 Å². The van der Waals surface area contributed by atoms with E-state index in [1.54, 1.807) is 5.01 Å². The average molecular weight is 97.1 g/mol. The molecule has 1 N–H and O–H groups in total. The SMILES string of the molecule is N=NN1C=CCC1. The molecular formula is C4H7N3. The highest BCUT2D eigenvalue weighted by atomic mass is 15.5. The Balaban J connectivity index is 2.42. The van der Waals surface area contributed by atoms with Crippen LogP contribution in [0.2, 0.25) is 0 Å². The molecule has 0 atom stereocenters. The van der Waals surface area contributed by atoms with Gasteiger partial charge in [-0.2, -0.15) is 5.53 Å². The molecule has 0 aromatic carbocycles. The van der Waals surface area contributed by atoms with Crippen molar-refractivity contribution in [3.63, 3.8) is 0 Å². The van der Waals surface area contributed by atoms with Crippen molar-refractivity contribution in [2.45, 2.75) is 6.42 Å². The zero-order valence-corrected chi connectivity index (χ0v) is 3.96. The number of hydrogen-bond acceptors (Lipinski definition) is 2. The molecule has 0 bridgehead atoms. The van der Waals surface area contributed by atoms with Crippen molar-refractivity contribution in [1.29, 1.82) is 5.53 Å². The first-order chi connectivity index (χ1) is 3.43. The summed E-state index contributed by atoms with van der Waals surface area (Å²) in [4.78, 5) is 0. The molecular weight excluding hydrogens is 90.1 g/mol. The van der Waals surface area contributed by atoms with E-state index in [9.17, 15) is 0 Å². The molecule has 0 aromatic heterocycles. The maximum Gasteiger partial charge on any atom is 0.0460 e. The maximum absolute atomic E-state index is 6.50. The quantitative estimate of drug-likeness (QED) is 0.490. The van der Waals surface area contributed by atoms with Crippen LogP contribution in [0, 0.1) is 5.53 Å². The van der Waals surface area contributed by atoms with Gasteiger partial charge in [0.2, 0.25) is 0 Å². The molecule has 0 aliphatic carbocycles. The van der Waals surface area contributed by atoms with Crippen LogP contribution in [-0.2, 0) is 0 Å². The molecule has 3 heteroatoms. The van der Waals surface area contributed by atoms with Crippen LogP contribution in [-0.4, -0.2) is 11.6 Å². The van der Waals surface area contributed by atoms with Crippen LogP contribution in [0.1, 0.15) is 6.42 Å². The number of rotatable bonds is 1. The normalized spacial score (nSPS) is 18.0. The lowest BCUT2D eigenvalue weighted by Crippen LogP contribution is -2.02. The third-order valence-electron chi connectivity index (χ3n) is 0.931. The van der Waals surface area contributed by atoms with Crippen molar-refractivity contribution >= 4 is 0 Å². The minimum absolute atomic E-state index is 0.878. The average Bonchev–Trinajstić information content (AvgIpc) is 2.14. The van der Waals surface area contributed by atoms with Gasteiger partial charge in [-0.1, -0.05) is 11.3 Å². The van der Waals surface area contributed by atoms with Crippen LogP contribution in [0.4, 0.5) is 0 Å². The molecule has 1 aliphatic rings. The van der Waals surface area contributed by atoms with Crippen molar-refractivity contribution in [3.8, 4) is 0 Å². The van der Waals surface area contributed by atoms with E-state index in [2.05, 4.69) is 5.22 Å². The zero-order valence-electron chi connectivity index (χ0n) is 3.96. The van der Waals surface area contributed by atoms with Crippen molar-refractivity contribution in [2.75, 3.05) is 6.54 Å². The highest BCUT2D eigenvalue weighted by Crippen LogP contribution is 2.01. The zero-order chi connectivity index (χ0) is 5.11. The molecule has 1 heterocycles. The van der Waals surface area contributed by atoms with Crippen LogP contribution in [0.25, 0.3) is 0 Å². The predicted octanol–water partition coefficient (Wildman–Crippen LogP) is 1.15. The van der Waals surface area contributed by atoms with E-state index in [0.717, 1.165) is 13.0 Å². The Labute approximate surface area is 42.1 Å². The summed E-state index contributed by atoms with van der Waals surface area (Å²) in [6, 6.07) is 0. The summed E-state index contributed by atoms with van der Waals surface area (Å²) < 4.78 is 0. The highest BCUT2D eigenvalue weighted by Gasteiger charge is 1.98. The van der Waals surface area contributed by atoms with Gasteiger partial charge in [0.25, 0.3) is 0 Å². The van der Waals surface area contributed by atoms with E-state index in [0.29, 0.717) is 0 Å².